The Morgan fingerprint density at radius 1 is 1.20 bits per heavy atom. The quantitative estimate of drug-likeness (QED) is 0.871. The van der Waals surface area contributed by atoms with Crippen LogP contribution < -0.4 is 5.73 Å². The van der Waals surface area contributed by atoms with Crippen molar-refractivity contribution in [1.82, 2.24) is 4.90 Å². The summed E-state index contributed by atoms with van der Waals surface area (Å²) in [6, 6.07) is 8.86. The van der Waals surface area contributed by atoms with Crippen LogP contribution in [-0.4, -0.2) is 24.5 Å². The van der Waals surface area contributed by atoms with Crippen LogP contribution in [0, 0.1) is 5.92 Å². The fourth-order valence-electron chi connectivity index (χ4n) is 2.92. The summed E-state index contributed by atoms with van der Waals surface area (Å²) in [5.41, 5.74) is 8.17. The van der Waals surface area contributed by atoms with Crippen LogP contribution in [0.5, 0.6) is 0 Å². The molecule has 0 amide bonds. The molecule has 3 heteroatoms. The molecule has 1 aromatic carbocycles. The second kappa shape index (κ2) is 6.42. The summed E-state index contributed by atoms with van der Waals surface area (Å²) >= 11 is 0. The van der Waals surface area contributed by atoms with Gasteiger partial charge < -0.3 is 10.2 Å². The van der Waals surface area contributed by atoms with Crippen molar-refractivity contribution >= 4 is 11.0 Å². The fraction of sp³-hybridized carbons (Fsp3) is 0.529. The highest BCUT2D eigenvalue weighted by Gasteiger charge is 2.23. The van der Waals surface area contributed by atoms with Crippen LogP contribution in [0.2, 0.25) is 0 Å². The predicted octanol–water partition coefficient (Wildman–Crippen LogP) is 3.80. The number of furan rings is 1. The van der Waals surface area contributed by atoms with Crippen molar-refractivity contribution in [2.75, 3.05) is 13.6 Å². The molecule has 0 bridgehead atoms. The van der Waals surface area contributed by atoms with Crippen molar-refractivity contribution in [2.24, 2.45) is 11.7 Å². The summed E-state index contributed by atoms with van der Waals surface area (Å²) in [5, 5.41) is 1.17. The molecule has 0 saturated carbocycles. The topological polar surface area (TPSA) is 42.4 Å². The molecule has 1 aromatic heterocycles. The van der Waals surface area contributed by atoms with Gasteiger partial charge in [-0.25, -0.2) is 0 Å². The molecule has 0 aliphatic heterocycles. The second-order valence-electron chi connectivity index (χ2n) is 6.08. The van der Waals surface area contributed by atoms with Crippen LogP contribution in [0.3, 0.4) is 0 Å². The standard InChI is InChI=1S/C17H26N2O/c1-12(2)9-13(3)19(4)16(10-18)15-11-20-17-8-6-5-7-14(15)17/h5-8,11-13,16H,9-10,18H2,1-4H3. The first-order valence-electron chi connectivity index (χ1n) is 7.42. The van der Waals surface area contributed by atoms with Gasteiger partial charge in [0, 0.05) is 23.5 Å². The summed E-state index contributed by atoms with van der Waals surface area (Å²) in [6.45, 7) is 7.39. The summed E-state index contributed by atoms with van der Waals surface area (Å²) in [4.78, 5) is 2.37. The van der Waals surface area contributed by atoms with Crippen molar-refractivity contribution < 1.29 is 4.42 Å². The van der Waals surface area contributed by atoms with E-state index in [-0.39, 0.29) is 6.04 Å². The molecule has 2 aromatic rings. The van der Waals surface area contributed by atoms with Crippen molar-refractivity contribution in [3.05, 3.63) is 36.1 Å². The fourth-order valence-corrected chi connectivity index (χ4v) is 2.92. The van der Waals surface area contributed by atoms with Crippen LogP contribution >= 0.6 is 0 Å². The van der Waals surface area contributed by atoms with Crippen LogP contribution in [0.15, 0.2) is 34.9 Å². The Labute approximate surface area is 121 Å². The lowest BCUT2D eigenvalue weighted by atomic mass is 9.99. The zero-order valence-electron chi connectivity index (χ0n) is 13.0. The zero-order valence-corrected chi connectivity index (χ0v) is 13.0. The smallest absolute Gasteiger partial charge is 0.134 e. The lowest BCUT2D eigenvalue weighted by Gasteiger charge is -2.33. The molecule has 2 unspecified atom stereocenters. The minimum absolute atomic E-state index is 0.201. The Morgan fingerprint density at radius 3 is 2.55 bits per heavy atom. The van der Waals surface area contributed by atoms with Gasteiger partial charge in [0.05, 0.1) is 12.3 Å². The lowest BCUT2D eigenvalue weighted by molar-refractivity contribution is 0.169. The van der Waals surface area contributed by atoms with Gasteiger partial charge in [0.25, 0.3) is 0 Å². The van der Waals surface area contributed by atoms with Crippen molar-refractivity contribution in [1.29, 1.82) is 0 Å². The number of nitrogens with zero attached hydrogens (tertiary/aromatic N) is 1. The summed E-state index contributed by atoms with van der Waals surface area (Å²) in [7, 11) is 2.16. The predicted molar refractivity (Wildman–Crippen MR) is 84.7 cm³/mol. The van der Waals surface area contributed by atoms with Crippen molar-refractivity contribution in [3.63, 3.8) is 0 Å². The normalized spacial score (nSPS) is 15.2. The lowest BCUT2D eigenvalue weighted by Crippen LogP contribution is -2.37. The maximum Gasteiger partial charge on any atom is 0.134 e. The number of benzene rings is 1. The van der Waals surface area contributed by atoms with E-state index in [1.54, 1.807) is 0 Å². The third-order valence-corrected chi connectivity index (χ3v) is 4.09. The first kappa shape index (κ1) is 15.1. The van der Waals surface area contributed by atoms with E-state index in [0.29, 0.717) is 18.5 Å². The molecule has 2 atom stereocenters. The molecule has 3 nitrogen and oxygen atoms in total. The molecule has 0 saturated heterocycles. The number of rotatable bonds is 6. The molecule has 0 spiro atoms. The largest absolute Gasteiger partial charge is 0.464 e. The molecule has 1 heterocycles. The van der Waals surface area contributed by atoms with E-state index in [2.05, 4.69) is 38.8 Å². The van der Waals surface area contributed by atoms with Gasteiger partial charge in [0.1, 0.15) is 5.58 Å². The monoisotopic (exact) mass is 274 g/mol. The number of hydrogen-bond donors (Lipinski definition) is 1. The highest BCUT2D eigenvalue weighted by molar-refractivity contribution is 5.81. The molecule has 0 fully saturated rings. The SMILES string of the molecule is CC(C)CC(C)N(C)C(CN)c1coc2ccccc12. The number of hydrogen-bond acceptors (Lipinski definition) is 3. The highest BCUT2D eigenvalue weighted by Crippen LogP contribution is 2.30. The van der Waals surface area contributed by atoms with Gasteiger partial charge in [-0.3, -0.25) is 4.90 Å². The molecule has 20 heavy (non-hydrogen) atoms. The summed E-state index contributed by atoms with van der Waals surface area (Å²) in [5.74, 6) is 0.687. The van der Waals surface area contributed by atoms with Crippen LogP contribution in [-0.2, 0) is 0 Å². The molecule has 0 aliphatic carbocycles. The minimum Gasteiger partial charge on any atom is -0.464 e. The molecule has 110 valence electrons. The maximum absolute atomic E-state index is 6.04. The van der Waals surface area contributed by atoms with E-state index in [1.165, 1.54) is 17.4 Å². The Balaban J connectivity index is 2.27. The number of para-hydroxylation sites is 1. The van der Waals surface area contributed by atoms with Crippen LogP contribution in [0.4, 0.5) is 0 Å². The van der Waals surface area contributed by atoms with E-state index in [9.17, 15) is 0 Å². The van der Waals surface area contributed by atoms with Gasteiger partial charge in [-0.05, 0) is 32.4 Å². The van der Waals surface area contributed by atoms with Gasteiger partial charge in [-0.1, -0.05) is 32.0 Å². The van der Waals surface area contributed by atoms with Crippen molar-refractivity contribution in [3.8, 4) is 0 Å². The van der Waals surface area contributed by atoms with Crippen LogP contribution in [0.1, 0.15) is 38.8 Å². The van der Waals surface area contributed by atoms with Crippen molar-refractivity contribution in [2.45, 2.75) is 39.3 Å². The number of fused-ring (bicyclic) bond motifs is 1. The number of nitrogens with two attached hydrogens (primary N) is 1. The highest BCUT2D eigenvalue weighted by atomic mass is 16.3. The molecular weight excluding hydrogens is 248 g/mol. The molecule has 2 N–H and O–H groups in total. The summed E-state index contributed by atoms with van der Waals surface area (Å²) in [6.07, 6.45) is 3.03. The average Bonchev–Trinajstić information content (AvgIpc) is 2.83. The Bertz CT molecular complexity index is 547. The zero-order chi connectivity index (χ0) is 14.7. The van der Waals surface area contributed by atoms with Crippen LogP contribution in [0.25, 0.3) is 11.0 Å². The summed E-state index contributed by atoms with van der Waals surface area (Å²) < 4.78 is 5.66. The van der Waals surface area contributed by atoms with E-state index in [4.69, 9.17) is 10.2 Å². The van der Waals surface area contributed by atoms with Gasteiger partial charge in [0.2, 0.25) is 0 Å². The molecular formula is C17H26N2O. The third kappa shape index (κ3) is 3.05. The van der Waals surface area contributed by atoms with E-state index in [0.717, 1.165) is 5.58 Å². The van der Waals surface area contributed by atoms with Gasteiger partial charge in [-0.15, -0.1) is 0 Å². The molecule has 0 radical (unpaired) electrons. The first-order chi connectivity index (χ1) is 9.54. The number of likely N-dealkylation sites (N-methyl/N-ethyl adjacent to an activating group) is 1. The second-order valence-corrected chi connectivity index (χ2v) is 6.08. The third-order valence-electron chi connectivity index (χ3n) is 4.09. The minimum atomic E-state index is 0.201. The molecule has 2 rings (SSSR count). The molecule has 0 aliphatic rings. The van der Waals surface area contributed by atoms with Gasteiger partial charge >= 0.3 is 0 Å². The average molecular weight is 274 g/mol. The first-order valence-corrected chi connectivity index (χ1v) is 7.42. The van der Waals surface area contributed by atoms with Gasteiger partial charge in [-0.2, -0.15) is 0 Å². The maximum atomic E-state index is 6.04. The Kier molecular flexibility index (Phi) is 4.84. The van der Waals surface area contributed by atoms with E-state index < -0.39 is 0 Å². The Morgan fingerprint density at radius 2 is 1.90 bits per heavy atom. The van der Waals surface area contributed by atoms with E-state index >= 15 is 0 Å². The Hall–Kier alpha value is -1.32. The van der Waals surface area contributed by atoms with E-state index in [1.807, 2.05) is 24.5 Å². The van der Waals surface area contributed by atoms with Gasteiger partial charge in [0.15, 0.2) is 0 Å².